The second kappa shape index (κ2) is 9.39. The van der Waals surface area contributed by atoms with Crippen LogP contribution in [-0.4, -0.2) is 43.9 Å². The second-order valence-electron chi connectivity index (χ2n) is 4.14. The van der Waals surface area contributed by atoms with Gasteiger partial charge >= 0.3 is 0 Å². The Morgan fingerprint density at radius 3 is 2.47 bits per heavy atom. The van der Waals surface area contributed by atoms with E-state index in [9.17, 15) is 4.79 Å². The van der Waals surface area contributed by atoms with E-state index in [-0.39, 0.29) is 12.5 Å². The van der Waals surface area contributed by atoms with Crippen LogP contribution in [0.5, 0.6) is 0 Å². The van der Waals surface area contributed by atoms with Crippen LogP contribution in [0.4, 0.5) is 0 Å². The summed E-state index contributed by atoms with van der Waals surface area (Å²) in [7, 11) is 0. The Morgan fingerprint density at radius 2 is 2.00 bits per heavy atom. The summed E-state index contributed by atoms with van der Waals surface area (Å²) in [5.74, 6) is 0.0344. The van der Waals surface area contributed by atoms with Crippen molar-refractivity contribution in [1.82, 2.24) is 5.32 Å². The van der Waals surface area contributed by atoms with E-state index in [1.807, 2.05) is 13.8 Å². The van der Waals surface area contributed by atoms with Gasteiger partial charge in [-0.3, -0.25) is 4.79 Å². The molecule has 0 radical (unpaired) electrons. The van der Waals surface area contributed by atoms with Crippen molar-refractivity contribution in [3.63, 3.8) is 0 Å². The van der Waals surface area contributed by atoms with E-state index < -0.39 is 5.41 Å². The number of aliphatic hydroxyl groups is 1. The first kappa shape index (κ1) is 16.4. The van der Waals surface area contributed by atoms with E-state index in [1.165, 1.54) is 0 Å². The monoisotopic (exact) mass is 246 g/mol. The maximum atomic E-state index is 12.0. The summed E-state index contributed by atoms with van der Waals surface area (Å²) in [4.78, 5) is 12.0. The van der Waals surface area contributed by atoms with Gasteiger partial charge in [-0.15, -0.1) is 0 Å². The van der Waals surface area contributed by atoms with Crippen molar-refractivity contribution in [2.24, 2.45) is 11.1 Å². The number of ether oxygens (including phenoxy) is 1. The van der Waals surface area contributed by atoms with Gasteiger partial charge in [0.15, 0.2) is 0 Å². The minimum absolute atomic E-state index is 0.0344. The number of amides is 1. The van der Waals surface area contributed by atoms with Crippen molar-refractivity contribution in [1.29, 1.82) is 0 Å². The number of nitrogens with one attached hydrogen (secondary N) is 1. The first-order chi connectivity index (χ1) is 8.16. The Bertz CT molecular complexity index is 198. The SMILES string of the molecule is CCC(CC)(CN)C(=O)NCCCOCCO. The molecule has 0 unspecified atom stereocenters. The molecule has 102 valence electrons. The van der Waals surface area contributed by atoms with Crippen LogP contribution in [-0.2, 0) is 9.53 Å². The molecule has 0 aromatic rings. The lowest BCUT2D eigenvalue weighted by atomic mass is 9.81. The van der Waals surface area contributed by atoms with Crippen LogP contribution >= 0.6 is 0 Å². The molecule has 0 rings (SSSR count). The molecule has 0 saturated carbocycles. The van der Waals surface area contributed by atoms with Gasteiger partial charge < -0.3 is 20.9 Å². The summed E-state index contributed by atoms with van der Waals surface area (Å²) in [6.45, 7) is 5.88. The third-order valence-corrected chi connectivity index (χ3v) is 3.21. The molecule has 0 spiro atoms. The van der Waals surface area contributed by atoms with Crippen molar-refractivity contribution in [3.8, 4) is 0 Å². The minimum Gasteiger partial charge on any atom is -0.394 e. The van der Waals surface area contributed by atoms with Crippen molar-refractivity contribution < 1.29 is 14.6 Å². The molecule has 0 fully saturated rings. The zero-order valence-corrected chi connectivity index (χ0v) is 11.0. The fourth-order valence-corrected chi connectivity index (χ4v) is 1.68. The molecule has 0 atom stereocenters. The summed E-state index contributed by atoms with van der Waals surface area (Å²) in [6.07, 6.45) is 2.26. The van der Waals surface area contributed by atoms with E-state index in [0.717, 1.165) is 19.3 Å². The number of rotatable bonds is 10. The van der Waals surface area contributed by atoms with E-state index in [1.54, 1.807) is 0 Å². The van der Waals surface area contributed by atoms with Gasteiger partial charge in [0.25, 0.3) is 0 Å². The lowest BCUT2D eigenvalue weighted by Gasteiger charge is -2.28. The zero-order valence-electron chi connectivity index (χ0n) is 11.0. The van der Waals surface area contributed by atoms with Crippen LogP contribution in [0.3, 0.4) is 0 Å². The van der Waals surface area contributed by atoms with Gasteiger partial charge in [0.05, 0.1) is 18.6 Å². The van der Waals surface area contributed by atoms with Crippen LogP contribution in [0.25, 0.3) is 0 Å². The predicted octanol–water partition coefficient (Wildman–Crippen LogP) is 0.267. The molecule has 5 nitrogen and oxygen atoms in total. The summed E-state index contributed by atoms with van der Waals surface area (Å²) in [6, 6.07) is 0. The number of carbonyl (C=O) groups is 1. The largest absolute Gasteiger partial charge is 0.394 e. The molecule has 0 heterocycles. The first-order valence-electron chi connectivity index (χ1n) is 6.33. The molecule has 0 aromatic heterocycles. The number of hydrogen-bond acceptors (Lipinski definition) is 4. The van der Waals surface area contributed by atoms with Crippen LogP contribution in [0.15, 0.2) is 0 Å². The number of hydrogen-bond donors (Lipinski definition) is 3. The summed E-state index contributed by atoms with van der Waals surface area (Å²) in [5.41, 5.74) is 5.26. The Balaban J connectivity index is 3.83. The lowest BCUT2D eigenvalue weighted by molar-refractivity contribution is -0.131. The van der Waals surface area contributed by atoms with E-state index in [2.05, 4.69) is 5.32 Å². The summed E-state index contributed by atoms with van der Waals surface area (Å²) in [5, 5.41) is 11.4. The molecule has 0 aliphatic carbocycles. The van der Waals surface area contributed by atoms with Crippen molar-refractivity contribution in [2.45, 2.75) is 33.1 Å². The molecule has 4 N–H and O–H groups in total. The Morgan fingerprint density at radius 1 is 1.35 bits per heavy atom. The van der Waals surface area contributed by atoms with Gasteiger partial charge in [-0.05, 0) is 19.3 Å². The van der Waals surface area contributed by atoms with Crippen LogP contribution in [0.1, 0.15) is 33.1 Å². The van der Waals surface area contributed by atoms with Crippen LogP contribution in [0, 0.1) is 5.41 Å². The zero-order chi connectivity index (χ0) is 13.1. The number of aliphatic hydroxyl groups excluding tert-OH is 1. The van der Waals surface area contributed by atoms with E-state index in [0.29, 0.717) is 26.3 Å². The average molecular weight is 246 g/mol. The quantitative estimate of drug-likeness (QED) is 0.483. The Kier molecular flexibility index (Phi) is 9.03. The third kappa shape index (κ3) is 5.48. The molecule has 1 amide bonds. The standard InChI is InChI=1S/C12H26N2O3/c1-3-12(4-2,10-13)11(16)14-6-5-8-17-9-7-15/h15H,3-10,13H2,1-2H3,(H,14,16). The summed E-state index contributed by atoms with van der Waals surface area (Å²) >= 11 is 0. The van der Waals surface area contributed by atoms with Gasteiger partial charge in [-0.1, -0.05) is 13.8 Å². The molecule has 0 aliphatic heterocycles. The van der Waals surface area contributed by atoms with Crippen LogP contribution < -0.4 is 11.1 Å². The highest BCUT2D eigenvalue weighted by Gasteiger charge is 2.32. The van der Waals surface area contributed by atoms with Gasteiger partial charge in [0, 0.05) is 19.7 Å². The maximum Gasteiger partial charge on any atom is 0.227 e. The molecule has 0 saturated heterocycles. The number of nitrogens with two attached hydrogens (primary N) is 1. The molecule has 17 heavy (non-hydrogen) atoms. The average Bonchev–Trinajstić information content (AvgIpc) is 2.36. The predicted molar refractivity (Wildman–Crippen MR) is 67.6 cm³/mol. The minimum atomic E-state index is -0.425. The van der Waals surface area contributed by atoms with E-state index >= 15 is 0 Å². The first-order valence-corrected chi connectivity index (χ1v) is 6.33. The molecule has 5 heteroatoms. The molecule has 0 bridgehead atoms. The van der Waals surface area contributed by atoms with Gasteiger partial charge in [-0.2, -0.15) is 0 Å². The summed E-state index contributed by atoms with van der Waals surface area (Å²) < 4.78 is 5.10. The lowest BCUT2D eigenvalue weighted by Crippen LogP contribution is -2.45. The van der Waals surface area contributed by atoms with Crippen molar-refractivity contribution in [3.05, 3.63) is 0 Å². The molecule has 0 aromatic carbocycles. The van der Waals surface area contributed by atoms with Crippen molar-refractivity contribution in [2.75, 3.05) is 32.9 Å². The fourth-order valence-electron chi connectivity index (χ4n) is 1.68. The van der Waals surface area contributed by atoms with Crippen molar-refractivity contribution >= 4 is 5.91 Å². The Hall–Kier alpha value is -0.650. The fraction of sp³-hybridized carbons (Fsp3) is 0.917. The van der Waals surface area contributed by atoms with Gasteiger partial charge in [0.1, 0.15) is 0 Å². The Labute approximate surface area is 104 Å². The molecular formula is C12H26N2O3. The highest BCUT2D eigenvalue weighted by atomic mass is 16.5. The second-order valence-corrected chi connectivity index (χ2v) is 4.14. The van der Waals surface area contributed by atoms with E-state index in [4.69, 9.17) is 15.6 Å². The maximum absolute atomic E-state index is 12.0. The topological polar surface area (TPSA) is 84.6 Å². The van der Waals surface area contributed by atoms with Gasteiger partial charge in [-0.25, -0.2) is 0 Å². The van der Waals surface area contributed by atoms with Gasteiger partial charge in [0.2, 0.25) is 5.91 Å². The van der Waals surface area contributed by atoms with Crippen LogP contribution in [0.2, 0.25) is 0 Å². The smallest absolute Gasteiger partial charge is 0.227 e. The number of carbonyl (C=O) groups excluding carboxylic acids is 1. The molecule has 0 aliphatic rings. The third-order valence-electron chi connectivity index (χ3n) is 3.21. The highest BCUT2D eigenvalue weighted by Crippen LogP contribution is 2.24. The normalized spacial score (nSPS) is 11.5. The highest BCUT2D eigenvalue weighted by molar-refractivity contribution is 5.82. The molecular weight excluding hydrogens is 220 g/mol.